The summed E-state index contributed by atoms with van der Waals surface area (Å²) in [5.41, 5.74) is 2.34. The van der Waals surface area contributed by atoms with Crippen LogP contribution in [0.5, 0.6) is 0 Å². The summed E-state index contributed by atoms with van der Waals surface area (Å²) in [6.07, 6.45) is 11.7. The molecule has 0 radical (unpaired) electrons. The molecule has 0 spiro atoms. The number of carbonyl (C=O) groups excluding carboxylic acids is 1. The zero-order chi connectivity index (χ0) is 12.5. The van der Waals surface area contributed by atoms with Crippen LogP contribution < -0.4 is 0 Å². The smallest absolute Gasteiger partial charge is 0.164 e. The van der Waals surface area contributed by atoms with Crippen molar-refractivity contribution in [1.29, 1.82) is 0 Å². The molecule has 98 valence electrons. The fourth-order valence-corrected chi connectivity index (χ4v) is 3.64. The van der Waals surface area contributed by atoms with Gasteiger partial charge in [-0.05, 0) is 44.1 Å². The molecule has 2 heteroatoms. The molecule has 1 aromatic rings. The largest absolute Gasteiger partial charge is 0.348 e. The lowest BCUT2D eigenvalue weighted by Gasteiger charge is -2.22. The van der Waals surface area contributed by atoms with Gasteiger partial charge in [0.15, 0.2) is 5.78 Å². The monoisotopic (exact) mass is 245 g/mol. The number of rotatable bonds is 1. The Morgan fingerprint density at radius 1 is 1.11 bits per heavy atom. The normalized spacial score (nSPS) is 28.8. The molecule has 1 aromatic heterocycles. The zero-order valence-electron chi connectivity index (χ0n) is 11.3. The highest BCUT2D eigenvalue weighted by Crippen LogP contribution is 2.33. The Balaban J connectivity index is 1.86. The third-order valence-corrected chi connectivity index (χ3v) is 4.76. The summed E-state index contributed by atoms with van der Waals surface area (Å²) in [4.78, 5) is 11.9. The lowest BCUT2D eigenvalue weighted by atomic mass is 9.96. The van der Waals surface area contributed by atoms with Gasteiger partial charge in [-0.2, -0.15) is 0 Å². The van der Waals surface area contributed by atoms with Crippen LogP contribution in [-0.2, 0) is 6.42 Å². The number of Topliss-reactive ketones (excluding diaryl/α,β-unsaturated/α-hetero) is 1. The molecule has 0 aliphatic heterocycles. The quantitative estimate of drug-likeness (QED) is 0.681. The molecule has 0 saturated heterocycles. The molecular formula is C16H23NO. The van der Waals surface area contributed by atoms with Gasteiger partial charge < -0.3 is 4.57 Å². The molecule has 2 aliphatic carbocycles. The minimum Gasteiger partial charge on any atom is -0.348 e. The first kappa shape index (κ1) is 12.0. The summed E-state index contributed by atoms with van der Waals surface area (Å²) < 4.78 is 2.43. The first-order valence-electron chi connectivity index (χ1n) is 7.48. The van der Waals surface area contributed by atoms with E-state index in [0.717, 1.165) is 30.7 Å². The van der Waals surface area contributed by atoms with E-state index < -0.39 is 0 Å². The Morgan fingerprint density at radius 3 is 2.89 bits per heavy atom. The fraction of sp³-hybridized carbons (Fsp3) is 0.688. The lowest BCUT2D eigenvalue weighted by molar-refractivity contribution is 0.0971. The van der Waals surface area contributed by atoms with E-state index in [-0.39, 0.29) is 0 Å². The maximum Gasteiger partial charge on any atom is 0.164 e. The highest BCUT2D eigenvalue weighted by atomic mass is 16.1. The fourth-order valence-electron chi connectivity index (χ4n) is 3.64. The first-order valence-corrected chi connectivity index (χ1v) is 7.48. The second kappa shape index (κ2) is 4.91. The highest BCUT2D eigenvalue weighted by Gasteiger charge is 2.25. The van der Waals surface area contributed by atoms with Gasteiger partial charge in [-0.3, -0.25) is 4.79 Å². The second-order valence-corrected chi connectivity index (χ2v) is 6.13. The van der Waals surface area contributed by atoms with E-state index in [4.69, 9.17) is 0 Å². The van der Waals surface area contributed by atoms with E-state index in [2.05, 4.69) is 23.8 Å². The minimum absolute atomic E-state index is 0.358. The van der Waals surface area contributed by atoms with E-state index in [9.17, 15) is 4.79 Å². The summed E-state index contributed by atoms with van der Waals surface area (Å²) in [6.45, 7) is 2.37. The van der Waals surface area contributed by atoms with Crippen LogP contribution in [-0.4, -0.2) is 10.4 Å². The van der Waals surface area contributed by atoms with Crippen molar-refractivity contribution in [2.75, 3.05) is 0 Å². The number of fused-ring (bicyclic) bond motifs is 1. The average Bonchev–Trinajstić information content (AvgIpc) is 2.68. The summed E-state index contributed by atoms with van der Waals surface area (Å²) >= 11 is 0. The van der Waals surface area contributed by atoms with E-state index >= 15 is 0 Å². The molecule has 18 heavy (non-hydrogen) atoms. The Kier molecular flexibility index (Phi) is 3.27. The van der Waals surface area contributed by atoms with E-state index in [0.29, 0.717) is 11.8 Å². The number of hydrogen-bond donors (Lipinski definition) is 0. The second-order valence-electron chi connectivity index (χ2n) is 6.13. The average molecular weight is 245 g/mol. The van der Waals surface area contributed by atoms with E-state index in [1.54, 1.807) is 0 Å². The van der Waals surface area contributed by atoms with Crippen molar-refractivity contribution in [3.63, 3.8) is 0 Å². The molecule has 0 amide bonds. The zero-order valence-corrected chi connectivity index (χ0v) is 11.3. The summed E-state index contributed by atoms with van der Waals surface area (Å²) in [7, 11) is 0. The number of hydrogen-bond acceptors (Lipinski definition) is 1. The van der Waals surface area contributed by atoms with Crippen molar-refractivity contribution >= 4 is 5.78 Å². The van der Waals surface area contributed by atoms with Crippen LogP contribution in [0, 0.1) is 5.92 Å². The Hall–Kier alpha value is -1.05. The van der Waals surface area contributed by atoms with Gasteiger partial charge in [0, 0.05) is 29.9 Å². The van der Waals surface area contributed by atoms with Crippen LogP contribution in [0.25, 0.3) is 0 Å². The maximum atomic E-state index is 11.9. The van der Waals surface area contributed by atoms with Crippen LogP contribution in [0.2, 0.25) is 0 Å². The molecule has 1 saturated carbocycles. The minimum atomic E-state index is 0.358. The molecule has 1 fully saturated rings. The summed E-state index contributed by atoms with van der Waals surface area (Å²) in [5, 5.41) is 0. The van der Waals surface area contributed by atoms with Gasteiger partial charge in [0.05, 0.1) is 0 Å². The number of aromatic nitrogens is 1. The third kappa shape index (κ3) is 2.13. The van der Waals surface area contributed by atoms with E-state index in [1.807, 2.05) is 0 Å². The van der Waals surface area contributed by atoms with Crippen molar-refractivity contribution < 1.29 is 4.79 Å². The van der Waals surface area contributed by atoms with Crippen LogP contribution in [0.4, 0.5) is 0 Å². The number of nitrogens with zero attached hydrogens (tertiary/aromatic N) is 1. The maximum absolute atomic E-state index is 11.9. The molecule has 0 N–H and O–H groups in total. The van der Waals surface area contributed by atoms with Crippen LogP contribution in [0.15, 0.2) is 12.3 Å². The van der Waals surface area contributed by atoms with Crippen molar-refractivity contribution in [3.8, 4) is 0 Å². The third-order valence-electron chi connectivity index (χ3n) is 4.76. The molecule has 0 bridgehead atoms. The van der Waals surface area contributed by atoms with Crippen LogP contribution in [0.1, 0.15) is 74.0 Å². The van der Waals surface area contributed by atoms with Gasteiger partial charge in [0.1, 0.15) is 0 Å². The van der Waals surface area contributed by atoms with E-state index in [1.165, 1.54) is 37.8 Å². The molecule has 0 aromatic carbocycles. The lowest BCUT2D eigenvalue weighted by Crippen LogP contribution is -2.16. The Labute approximate surface area is 109 Å². The first-order chi connectivity index (χ1) is 8.75. The van der Waals surface area contributed by atoms with Crippen molar-refractivity contribution in [1.82, 2.24) is 4.57 Å². The molecule has 3 rings (SSSR count). The molecule has 2 nitrogen and oxygen atoms in total. The predicted octanol–water partition coefficient (Wildman–Crippen LogP) is 4.15. The van der Waals surface area contributed by atoms with Gasteiger partial charge in [-0.1, -0.05) is 19.8 Å². The summed E-state index contributed by atoms with van der Waals surface area (Å²) in [5.74, 6) is 1.24. The van der Waals surface area contributed by atoms with Crippen molar-refractivity contribution in [3.05, 3.63) is 23.5 Å². The highest BCUT2D eigenvalue weighted by molar-refractivity contribution is 5.98. The molecular weight excluding hydrogens is 222 g/mol. The summed E-state index contributed by atoms with van der Waals surface area (Å²) in [6, 6.07) is 2.70. The van der Waals surface area contributed by atoms with Gasteiger partial charge in [-0.25, -0.2) is 0 Å². The van der Waals surface area contributed by atoms with Gasteiger partial charge in [-0.15, -0.1) is 0 Å². The van der Waals surface area contributed by atoms with Crippen LogP contribution in [0.3, 0.4) is 0 Å². The van der Waals surface area contributed by atoms with Gasteiger partial charge in [0.25, 0.3) is 0 Å². The molecule has 2 unspecified atom stereocenters. The number of ketones is 1. The molecule has 1 heterocycles. The Morgan fingerprint density at radius 2 is 2.00 bits per heavy atom. The topological polar surface area (TPSA) is 22.0 Å². The SMILES string of the molecule is CC1CCCC(n2ccc3c2CCCC3=O)CC1. The molecule has 2 atom stereocenters. The van der Waals surface area contributed by atoms with Gasteiger partial charge in [0.2, 0.25) is 0 Å². The van der Waals surface area contributed by atoms with Crippen molar-refractivity contribution in [2.45, 2.75) is 64.3 Å². The van der Waals surface area contributed by atoms with Gasteiger partial charge >= 0.3 is 0 Å². The molecule has 2 aliphatic rings. The van der Waals surface area contributed by atoms with Crippen LogP contribution >= 0.6 is 0 Å². The standard InChI is InChI=1S/C16H23NO/c1-12-4-2-5-13(9-8-12)17-11-10-14-15(17)6-3-7-16(14)18/h10-13H,2-9H2,1H3. The Bertz CT molecular complexity index is 446. The predicted molar refractivity (Wildman–Crippen MR) is 73.0 cm³/mol. The number of carbonyl (C=O) groups is 1. The van der Waals surface area contributed by atoms with Crippen molar-refractivity contribution in [2.24, 2.45) is 5.92 Å².